The number of carboxylic acid groups (broad SMARTS) is 1. The first-order valence-electron chi connectivity index (χ1n) is 19.4. The lowest BCUT2D eigenvalue weighted by molar-refractivity contribution is -0.297. The molecule has 1 atom stereocenters. The number of hydrogen-bond acceptors (Lipinski definition) is 8. The van der Waals surface area contributed by atoms with E-state index >= 15 is 0 Å². The molecule has 14 heteroatoms. The van der Waals surface area contributed by atoms with Gasteiger partial charge in [0.1, 0.15) is 16.9 Å². The van der Waals surface area contributed by atoms with E-state index in [9.17, 15) is 27.2 Å². The molecule has 0 bridgehead atoms. The fourth-order valence-electron chi connectivity index (χ4n) is 8.52. The van der Waals surface area contributed by atoms with Crippen LogP contribution in [0.3, 0.4) is 0 Å². The average molecular weight is 787 g/mol. The second kappa shape index (κ2) is 16.9. The molecule has 4 aliphatic rings. The molecule has 4 heterocycles. The Hall–Kier alpha value is -3.98. The van der Waals surface area contributed by atoms with Crippen LogP contribution in [-0.4, -0.2) is 117 Å². The highest BCUT2D eigenvalue weighted by atomic mass is 19.3. The fraction of sp³-hybridized carbons (Fsp3) is 0.571. The summed E-state index contributed by atoms with van der Waals surface area (Å²) in [6, 6.07) is 16.0. The van der Waals surface area contributed by atoms with Crippen LogP contribution >= 0.6 is 0 Å². The number of nitrogens with one attached hydrogen (secondary N) is 1. The zero-order valence-electron chi connectivity index (χ0n) is 32.8. The molecule has 0 saturated carbocycles. The molecule has 10 nitrogen and oxygen atoms in total. The molecular formula is C42H54F4N4O6. The Labute approximate surface area is 326 Å². The molecule has 4 saturated heterocycles. The van der Waals surface area contributed by atoms with Gasteiger partial charge in [-0.25, -0.2) is 23.6 Å². The lowest BCUT2D eigenvalue weighted by Crippen LogP contribution is -2.90. The van der Waals surface area contributed by atoms with Crippen molar-refractivity contribution in [3.8, 4) is 22.6 Å². The minimum atomic E-state index is -2.74. The number of alkyl halides is 4. The molecule has 2 N–H and O–H groups in total. The highest BCUT2D eigenvalue weighted by molar-refractivity contribution is 6.01. The molecule has 56 heavy (non-hydrogen) atoms. The summed E-state index contributed by atoms with van der Waals surface area (Å²) in [5, 5.41) is 12.2. The van der Waals surface area contributed by atoms with Crippen molar-refractivity contribution < 1.29 is 46.5 Å². The van der Waals surface area contributed by atoms with Gasteiger partial charge < -0.3 is 24.2 Å². The van der Waals surface area contributed by atoms with Gasteiger partial charge in [0.15, 0.2) is 0 Å². The number of likely N-dealkylation sites (tertiary alicyclic amines) is 2. The Bertz CT molecular complexity index is 1850. The van der Waals surface area contributed by atoms with Crippen LogP contribution in [0, 0.1) is 10.8 Å². The van der Waals surface area contributed by atoms with Crippen LogP contribution < -0.4 is 14.9 Å². The van der Waals surface area contributed by atoms with Crippen LogP contribution in [0.5, 0.6) is 11.5 Å². The summed E-state index contributed by atoms with van der Waals surface area (Å²) in [4.78, 5) is 26.9. The Kier molecular flexibility index (Phi) is 12.5. The highest BCUT2D eigenvalue weighted by Gasteiger charge is 2.77. The standard InChI is InChI=1S/C31H38FNO5.C11H16F3N3O/c1-31(21-32)12-14-33(15-13-31)16-17-38-20-22-18-27(36-2)30(28(19-22)37-3)26-9-5-7-24-23(10-11-29(34)35)6-4-8-25(24)26;1-9(12,13)7-16-4-2-10(3-5-16)8(18)17-11(10,14)6-15-17/h4-9,18-19H,10-17,20-21H2,1-3H3,(H,34,35);15H,2-7H2,1H3. The maximum absolute atomic E-state index is 14.4. The van der Waals surface area contributed by atoms with Gasteiger partial charge in [0.25, 0.3) is 11.8 Å². The number of carbonyl (C=O) groups excluding carboxylic acids is 1. The van der Waals surface area contributed by atoms with Crippen molar-refractivity contribution in [2.24, 2.45) is 10.8 Å². The number of carboxylic acids is 1. The first-order valence-corrected chi connectivity index (χ1v) is 19.4. The second-order valence-corrected chi connectivity index (χ2v) is 16.1. The quantitative estimate of drug-likeness (QED) is 0.0784. The third kappa shape index (κ3) is 8.48. The lowest BCUT2D eigenvalue weighted by Gasteiger charge is -2.67. The first kappa shape index (κ1) is 41.6. The van der Waals surface area contributed by atoms with Gasteiger partial charge in [-0.3, -0.25) is 18.9 Å². The number of amides is 1. The number of carbonyl (C=O) groups is 2. The lowest BCUT2D eigenvalue weighted by atomic mass is 9.61. The van der Waals surface area contributed by atoms with Crippen LogP contribution in [0.4, 0.5) is 17.6 Å². The summed E-state index contributed by atoms with van der Waals surface area (Å²) < 4.78 is 71.1. The SMILES string of the molecule is CC(F)(F)CN1CCC2(CC1)C(=O)N1NCC12F.COc1cc(COCCN2CCC(C)(CF)CC2)cc(OC)c1-c1cccc2c(CCC(=O)O)cccc12. The fourth-order valence-corrected chi connectivity index (χ4v) is 8.52. The van der Waals surface area contributed by atoms with Crippen molar-refractivity contribution >= 4 is 22.6 Å². The molecule has 0 aliphatic carbocycles. The number of ether oxygens (including phenoxy) is 3. The highest BCUT2D eigenvalue weighted by Crippen LogP contribution is 2.58. The van der Waals surface area contributed by atoms with E-state index in [0.717, 1.165) is 77.4 Å². The van der Waals surface area contributed by atoms with Crippen molar-refractivity contribution in [1.29, 1.82) is 0 Å². The van der Waals surface area contributed by atoms with E-state index in [-0.39, 0.29) is 37.5 Å². The van der Waals surface area contributed by atoms with Gasteiger partial charge in [-0.15, -0.1) is 0 Å². The van der Waals surface area contributed by atoms with Gasteiger partial charge >= 0.3 is 5.97 Å². The molecule has 7 rings (SSSR count). The van der Waals surface area contributed by atoms with Crippen molar-refractivity contribution in [2.45, 2.75) is 70.7 Å². The summed E-state index contributed by atoms with van der Waals surface area (Å²) in [6.45, 7) is 6.87. The van der Waals surface area contributed by atoms with Crippen molar-refractivity contribution in [3.05, 3.63) is 59.7 Å². The molecular weight excluding hydrogens is 732 g/mol. The number of methoxy groups -OCH3 is 2. The van der Waals surface area contributed by atoms with Crippen LogP contribution in [0.1, 0.15) is 57.1 Å². The number of hydrazine groups is 1. The molecule has 1 unspecified atom stereocenters. The zero-order chi connectivity index (χ0) is 40.3. The number of piperidine rings is 2. The summed E-state index contributed by atoms with van der Waals surface area (Å²) >= 11 is 0. The minimum absolute atomic E-state index is 0.0828. The van der Waals surface area contributed by atoms with Gasteiger partial charge in [-0.2, -0.15) is 0 Å². The molecule has 4 fully saturated rings. The first-order chi connectivity index (χ1) is 26.7. The molecule has 0 aromatic heterocycles. The second-order valence-electron chi connectivity index (χ2n) is 16.1. The van der Waals surface area contributed by atoms with Crippen LogP contribution in [-0.2, 0) is 27.4 Å². The predicted molar refractivity (Wildman–Crippen MR) is 205 cm³/mol. The van der Waals surface area contributed by atoms with Gasteiger partial charge in [-0.1, -0.05) is 43.3 Å². The van der Waals surface area contributed by atoms with E-state index in [1.807, 2.05) is 55.5 Å². The zero-order valence-corrected chi connectivity index (χ0v) is 32.8. The topological polar surface area (TPSA) is 104 Å². The average Bonchev–Trinajstić information content (AvgIpc) is 3.18. The predicted octanol–water partition coefficient (Wildman–Crippen LogP) is 6.88. The smallest absolute Gasteiger partial charge is 0.303 e. The maximum Gasteiger partial charge on any atom is 0.303 e. The van der Waals surface area contributed by atoms with E-state index in [2.05, 4.69) is 10.3 Å². The number of hydrogen-bond donors (Lipinski definition) is 2. The minimum Gasteiger partial charge on any atom is -0.496 e. The molecule has 3 aromatic rings. The van der Waals surface area contributed by atoms with Crippen LogP contribution in [0.2, 0.25) is 0 Å². The van der Waals surface area contributed by atoms with E-state index in [0.29, 0.717) is 57.1 Å². The Morgan fingerprint density at radius 1 is 0.946 bits per heavy atom. The van der Waals surface area contributed by atoms with Gasteiger partial charge in [0.05, 0.1) is 52.8 Å². The molecule has 1 spiro atoms. The number of aryl methyl sites for hydroxylation is 1. The summed E-state index contributed by atoms with van der Waals surface area (Å²) in [5.74, 6) is -3.98. The van der Waals surface area contributed by atoms with Crippen LogP contribution in [0.25, 0.3) is 21.9 Å². The van der Waals surface area contributed by atoms with Crippen LogP contribution in [0.15, 0.2) is 48.5 Å². The van der Waals surface area contributed by atoms with Crippen molar-refractivity contribution in [1.82, 2.24) is 20.2 Å². The van der Waals surface area contributed by atoms with Crippen molar-refractivity contribution in [2.75, 3.05) is 73.3 Å². The molecule has 4 aliphatic heterocycles. The monoisotopic (exact) mass is 786 g/mol. The van der Waals surface area contributed by atoms with E-state index < -0.39 is 23.1 Å². The summed E-state index contributed by atoms with van der Waals surface area (Å²) in [5.41, 5.74) is 5.27. The Morgan fingerprint density at radius 2 is 1.57 bits per heavy atom. The van der Waals surface area contributed by atoms with Crippen molar-refractivity contribution in [3.63, 3.8) is 0 Å². The number of nitrogens with zero attached hydrogens (tertiary/aromatic N) is 3. The molecule has 306 valence electrons. The number of fused-ring (bicyclic) bond motifs is 3. The van der Waals surface area contributed by atoms with Gasteiger partial charge in [0.2, 0.25) is 5.79 Å². The van der Waals surface area contributed by atoms with Gasteiger partial charge in [0, 0.05) is 19.9 Å². The molecule has 0 radical (unpaired) electrons. The molecule has 3 aromatic carbocycles. The molecule has 1 amide bonds. The van der Waals surface area contributed by atoms with E-state index in [1.165, 1.54) is 0 Å². The summed E-state index contributed by atoms with van der Waals surface area (Å²) in [6.07, 6.45) is 2.98. The Morgan fingerprint density at radius 3 is 2.12 bits per heavy atom. The van der Waals surface area contributed by atoms with Gasteiger partial charge in [-0.05, 0) is 103 Å². The summed E-state index contributed by atoms with van der Waals surface area (Å²) in [7, 11) is 3.29. The third-order valence-corrected chi connectivity index (χ3v) is 12.0. The number of aliphatic carboxylic acids is 1. The number of benzene rings is 3. The number of rotatable bonds is 14. The normalized spacial score (nSPS) is 21.8. The third-order valence-electron chi connectivity index (χ3n) is 12.0. The number of β-lactam (4-membered cyclic amide) rings is 1. The largest absolute Gasteiger partial charge is 0.496 e. The number of halogens is 4. The van der Waals surface area contributed by atoms with E-state index in [4.69, 9.17) is 19.3 Å². The maximum atomic E-state index is 14.4. The van der Waals surface area contributed by atoms with E-state index in [1.54, 1.807) is 19.1 Å². The Balaban J connectivity index is 0.000000244.